The Bertz CT molecular complexity index is 766. The van der Waals surface area contributed by atoms with Crippen LogP contribution in [0.25, 0.3) is 11.6 Å². The van der Waals surface area contributed by atoms with Gasteiger partial charge in [-0.25, -0.2) is 9.18 Å². The van der Waals surface area contributed by atoms with Crippen molar-refractivity contribution >= 4 is 17.6 Å². The standard InChI is InChI=1S/C18H17FO4/c1-11-4-5-12(9-16(11)19)15(18(20)21)8-13-6-7-14(22-2)10-17(13)23-3/h4-10H,1-3H3,(H,20,21)/b15-8-. The van der Waals surface area contributed by atoms with Crippen LogP contribution in [-0.2, 0) is 4.79 Å². The second kappa shape index (κ2) is 6.96. The van der Waals surface area contributed by atoms with Crippen LogP contribution in [0.2, 0.25) is 0 Å². The molecule has 5 heteroatoms. The summed E-state index contributed by atoms with van der Waals surface area (Å²) < 4.78 is 24.1. The highest BCUT2D eigenvalue weighted by atomic mass is 19.1. The Morgan fingerprint density at radius 2 is 1.87 bits per heavy atom. The average Bonchev–Trinajstić information content (AvgIpc) is 2.55. The number of hydrogen-bond donors (Lipinski definition) is 1. The second-order valence-corrected chi connectivity index (χ2v) is 4.94. The first kappa shape index (κ1) is 16.5. The molecule has 23 heavy (non-hydrogen) atoms. The zero-order chi connectivity index (χ0) is 17.0. The Balaban J connectivity index is 2.55. The van der Waals surface area contributed by atoms with Crippen molar-refractivity contribution in [1.82, 2.24) is 0 Å². The average molecular weight is 316 g/mol. The zero-order valence-electron chi connectivity index (χ0n) is 13.1. The summed E-state index contributed by atoms with van der Waals surface area (Å²) in [5.74, 6) is -0.532. The van der Waals surface area contributed by atoms with Crippen molar-refractivity contribution in [2.75, 3.05) is 14.2 Å². The fourth-order valence-electron chi connectivity index (χ4n) is 2.12. The quantitative estimate of drug-likeness (QED) is 0.674. The van der Waals surface area contributed by atoms with Gasteiger partial charge in [-0.3, -0.25) is 0 Å². The van der Waals surface area contributed by atoms with Crippen LogP contribution in [0.15, 0.2) is 36.4 Å². The molecule has 0 aliphatic carbocycles. The van der Waals surface area contributed by atoms with Gasteiger partial charge < -0.3 is 14.6 Å². The van der Waals surface area contributed by atoms with E-state index in [1.54, 1.807) is 37.3 Å². The van der Waals surface area contributed by atoms with Gasteiger partial charge in [0.25, 0.3) is 0 Å². The highest BCUT2D eigenvalue weighted by Gasteiger charge is 2.14. The number of aryl methyl sites for hydroxylation is 1. The van der Waals surface area contributed by atoms with Crippen LogP contribution in [0.4, 0.5) is 4.39 Å². The third-order valence-corrected chi connectivity index (χ3v) is 3.45. The number of rotatable bonds is 5. The lowest BCUT2D eigenvalue weighted by atomic mass is 10.0. The largest absolute Gasteiger partial charge is 0.497 e. The van der Waals surface area contributed by atoms with E-state index in [0.29, 0.717) is 28.2 Å². The minimum atomic E-state index is -1.15. The van der Waals surface area contributed by atoms with E-state index in [0.717, 1.165) is 0 Å². The minimum absolute atomic E-state index is 0.0210. The number of halogens is 1. The van der Waals surface area contributed by atoms with Gasteiger partial charge >= 0.3 is 5.97 Å². The highest BCUT2D eigenvalue weighted by Crippen LogP contribution is 2.29. The number of aliphatic carboxylic acids is 1. The van der Waals surface area contributed by atoms with Crippen molar-refractivity contribution in [3.8, 4) is 11.5 Å². The lowest BCUT2D eigenvalue weighted by Gasteiger charge is -2.09. The van der Waals surface area contributed by atoms with Crippen molar-refractivity contribution in [2.45, 2.75) is 6.92 Å². The fraction of sp³-hybridized carbons (Fsp3) is 0.167. The molecule has 2 rings (SSSR count). The summed E-state index contributed by atoms with van der Waals surface area (Å²) in [6.07, 6.45) is 1.45. The molecule has 0 saturated carbocycles. The molecule has 0 spiro atoms. The first-order valence-electron chi connectivity index (χ1n) is 6.89. The maximum atomic E-state index is 13.7. The molecule has 0 radical (unpaired) electrons. The SMILES string of the molecule is COc1ccc(/C=C(\C(=O)O)c2ccc(C)c(F)c2)c(OC)c1. The summed E-state index contributed by atoms with van der Waals surface area (Å²) in [5, 5.41) is 9.46. The van der Waals surface area contributed by atoms with Gasteiger partial charge in [0.1, 0.15) is 17.3 Å². The molecule has 0 atom stereocenters. The van der Waals surface area contributed by atoms with E-state index >= 15 is 0 Å². The smallest absolute Gasteiger partial charge is 0.336 e. The van der Waals surface area contributed by atoms with E-state index < -0.39 is 11.8 Å². The van der Waals surface area contributed by atoms with Crippen molar-refractivity contribution in [3.05, 3.63) is 58.9 Å². The summed E-state index contributed by atoms with van der Waals surface area (Å²) in [5.41, 5.74) is 1.29. The van der Waals surface area contributed by atoms with E-state index in [2.05, 4.69) is 0 Å². The molecule has 0 aliphatic heterocycles. The molecule has 1 N–H and O–H groups in total. The van der Waals surface area contributed by atoms with Crippen LogP contribution in [0, 0.1) is 12.7 Å². The molecular formula is C18H17FO4. The maximum absolute atomic E-state index is 13.7. The fourth-order valence-corrected chi connectivity index (χ4v) is 2.12. The number of ether oxygens (including phenoxy) is 2. The first-order chi connectivity index (χ1) is 11.0. The van der Waals surface area contributed by atoms with E-state index in [-0.39, 0.29) is 5.57 Å². The summed E-state index contributed by atoms with van der Waals surface area (Å²) in [7, 11) is 3.01. The van der Waals surface area contributed by atoms with Crippen LogP contribution in [0.1, 0.15) is 16.7 Å². The number of carboxylic acids is 1. The lowest BCUT2D eigenvalue weighted by Crippen LogP contribution is -2.01. The lowest BCUT2D eigenvalue weighted by molar-refractivity contribution is -0.130. The summed E-state index contributed by atoms with van der Waals surface area (Å²) in [4.78, 5) is 11.6. The van der Waals surface area contributed by atoms with E-state index in [9.17, 15) is 14.3 Å². The normalized spacial score (nSPS) is 11.2. The van der Waals surface area contributed by atoms with Gasteiger partial charge in [-0.2, -0.15) is 0 Å². The Hall–Kier alpha value is -2.82. The molecule has 0 amide bonds. The van der Waals surface area contributed by atoms with Gasteiger partial charge in [0.2, 0.25) is 0 Å². The monoisotopic (exact) mass is 316 g/mol. The van der Waals surface area contributed by atoms with Crippen LogP contribution >= 0.6 is 0 Å². The first-order valence-corrected chi connectivity index (χ1v) is 6.89. The van der Waals surface area contributed by atoms with Crippen molar-refractivity contribution in [3.63, 3.8) is 0 Å². The second-order valence-electron chi connectivity index (χ2n) is 4.94. The predicted molar refractivity (Wildman–Crippen MR) is 86.2 cm³/mol. The van der Waals surface area contributed by atoms with Crippen LogP contribution in [0.5, 0.6) is 11.5 Å². The van der Waals surface area contributed by atoms with Gasteiger partial charge in [-0.1, -0.05) is 12.1 Å². The maximum Gasteiger partial charge on any atom is 0.336 e. The number of hydrogen-bond acceptors (Lipinski definition) is 3. The van der Waals surface area contributed by atoms with E-state index in [4.69, 9.17) is 9.47 Å². The number of methoxy groups -OCH3 is 2. The molecular weight excluding hydrogens is 299 g/mol. The number of carbonyl (C=O) groups is 1. The molecule has 0 bridgehead atoms. The van der Waals surface area contributed by atoms with Gasteiger partial charge in [-0.05, 0) is 42.3 Å². The molecule has 2 aromatic carbocycles. The molecule has 120 valence electrons. The molecule has 4 nitrogen and oxygen atoms in total. The minimum Gasteiger partial charge on any atom is -0.497 e. The molecule has 0 saturated heterocycles. The Morgan fingerprint density at radius 3 is 2.43 bits per heavy atom. The van der Waals surface area contributed by atoms with E-state index in [1.165, 1.54) is 26.4 Å². The number of carboxylic acid groups (broad SMARTS) is 1. The third-order valence-electron chi connectivity index (χ3n) is 3.45. The van der Waals surface area contributed by atoms with E-state index in [1.807, 2.05) is 0 Å². The molecule has 0 aromatic heterocycles. The topological polar surface area (TPSA) is 55.8 Å². The Labute approximate surface area is 133 Å². The Kier molecular flexibility index (Phi) is 5.01. The molecule has 0 heterocycles. The van der Waals surface area contributed by atoms with Crippen LogP contribution < -0.4 is 9.47 Å². The van der Waals surface area contributed by atoms with Crippen LogP contribution in [0.3, 0.4) is 0 Å². The molecule has 0 unspecified atom stereocenters. The third kappa shape index (κ3) is 3.69. The Morgan fingerprint density at radius 1 is 1.13 bits per heavy atom. The highest BCUT2D eigenvalue weighted by molar-refractivity contribution is 6.20. The van der Waals surface area contributed by atoms with Crippen LogP contribution in [-0.4, -0.2) is 25.3 Å². The number of benzene rings is 2. The van der Waals surface area contributed by atoms with Gasteiger partial charge in [0, 0.05) is 11.6 Å². The van der Waals surface area contributed by atoms with Gasteiger partial charge in [0.15, 0.2) is 0 Å². The van der Waals surface area contributed by atoms with Gasteiger partial charge in [-0.15, -0.1) is 0 Å². The predicted octanol–water partition coefficient (Wildman–Crippen LogP) is 3.78. The summed E-state index contributed by atoms with van der Waals surface area (Å²) >= 11 is 0. The van der Waals surface area contributed by atoms with Crippen molar-refractivity contribution in [2.24, 2.45) is 0 Å². The van der Waals surface area contributed by atoms with Gasteiger partial charge in [0.05, 0.1) is 19.8 Å². The molecule has 0 aliphatic rings. The zero-order valence-corrected chi connectivity index (χ0v) is 13.1. The molecule has 2 aromatic rings. The summed E-state index contributed by atoms with van der Waals surface area (Å²) in [6.45, 7) is 1.62. The summed E-state index contributed by atoms with van der Waals surface area (Å²) in [6, 6.07) is 9.38. The molecule has 0 fully saturated rings. The van der Waals surface area contributed by atoms with Crippen molar-refractivity contribution in [1.29, 1.82) is 0 Å². The van der Waals surface area contributed by atoms with Crippen molar-refractivity contribution < 1.29 is 23.8 Å².